The van der Waals surface area contributed by atoms with E-state index < -0.39 is 11.8 Å². The van der Waals surface area contributed by atoms with Gasteiger partial charge in [-0.2, -0.15) is 0 Å². The van der Waals surface area contributed by atoms with Gasteiger partial charge in [-0.05, 0) is 12.1 Å². The predicted octanol–water partition coefficient (Wildman–Crippen LogP) is 2.50. The van der Waals surface area contributed by atoms with Crippen molar-refractivity contribution in [3.8, 4) is 11.5 Å². The molecule has 0 bridgehead atoms. The number of nitrogens with zero attached hydrogens (tertiary/aromatic N) is 3. The molecule has 4 amide bonds. The van der Waals surface area contributed by atoms with Gasteiger partial charge in [-0.15, -0.1) is 0 Å². The van der Waals surface area contributed by atoms with Crippen LogP contribution in [0.1, 0.15) is 16.7 Å². The number of carbonyl (C=O) groups excluding carboxylic acids is 3. The standard InChI is InChI=1S/C26H22N4O5/c1-29(2)26(33)30-11-9-15-5-3-6-16(22(15)30)18(13-27-10-12-30)21-20(24(31)28-25(21)32)17-7-4-8-19-23(17)35-14-34-19/h3-8,10,13H,9,11-12,14H2,1-2H3/p+1. The fourth-order valence-electron chi connectivity index (χ4n) is 5.45. The SMILES string of the molecule is CN(C)C(=O)[N+]12CC=NC=C(C3=C(c4cccc5c4OCO5)C(=O)NC3=O)c3cccc(c31)CC2. The highest BCUT2D eigenvalue weighted by Gasteiger charge is 2.49. The molecule has 0 radical (unpaired) electrons. The summed E-state index contributed by atoms with van der Waals surface area (Å²) in [7, 11) is 3.48. The lowest BCUT2D eigenvalue weighted by molar-refractivity contribution is -0.123. The van der Waals surface area contributed by atoms with Gasteiger partial charge < -0.3 is 9.47 Å². The summed E-state index contributed by atoms with van der Waals surface area (Å²) in [4.78, 5) is 45.9. The van der Waals surface area contributed by atoms with E-state index in [4.69, 9.17) is 9.47 Å². The number of fused-ring (bicyclic) bond motifs is 1. The third kappa shape index (κ3) is 2.98. The van der Waals surface area contributed by atoms with Crippen LogP contribution in [0.25, 0.3) is 11.1 Å². The summed E-state index contributed by atoms with van der Waals surface area (Å²) in [6.07, 6.45) is 4.03. The highest BCUT2D eigenvalue weighted by atomic mass is 16.7. The quantitative estimate of drug-likeness (QED) is 0.536. The molecular weight excluding hydrogens is 448 g/mol. The molecule has 4 heterocycles. The molecule has 9 heteroatoms. The van der Waals surface area contributed by atoms with Gasteiger partial charge in [0.2, 0.25) is 6.79 Å². The molecule has 1 N–H and O–H groups in total. The van der Waals surface area contributed by atoms with Crippen molar-refractivity contribution >= 4 is 40.9 Å². The number of amides is 4. The molecule has 0 fully saturated rings. The fourth-order valence-corrected chi connectivity index (χ4v) is 5.45. The van der Waals surface area contributed by atoms with E-state index in [0.717, 1.165) is 17.7 Å². The molecule has 0 saturated heterocycles. The first-order valence-electron chi connectivity index (χ1n) is 11.4. The maximum atomic E-state index is 13.5. The lowest BCUT2D eigenvalue weighted by atomic mass is 9.89. The summed E-state index contributed by atoms with van der Waals surface area (Å²) >= 11 is 0. The summed E-state index contributed by atoms with van der Waals surface area (Å²) in [5.41, 5.74) is 3.98. The zero-order valence-electron chi connectivity index (χ0n) is 19.3. The molecule has 0 aromatic heterocycles. The molecule has 2 aromatic rings. The van der Waals surface area contributed by atoms with Crippen molar-refractivity contribution in [1.82, 2.24) is 14.7 Å². The number of rotatable bonds is 2. The zero-order valence-corrected chi connectivity index (χ0v) is 19.3. The van der Waals surface area contributed by atoms with Crippen molar-refractivity contribution in [1.29, 1.82) is 0 Å². The number of hydrogen-bond donors (Lipinski definition) is 1. The minimum atomic E-state index is -0.517. The summed E-state index contributed by atoms with van der Waals surface area (Å²) in [6.45, 7) is 1.03. The second-order valence-electron chi connectivity index (χ2n) is 9.06. The minimum absolute atomic E-state index is 0.0381. The van der Waals surface area contributed by atoms with Crippen LogP contribution in [0, 0.1) is 0 Å². The van der Waals surface area contributed by atoms with Gasteiger partial charge in [-0.25, -0.2) is 9.28 Å². The van der Waals surface area contributed by atoms with Crippen molar-refractivity contribution in [3.63, 3.8) is 0 Å². The Morgan fingerprint density at radius 2 is 1.80 bits per heavy atom. The van der Waals surface area contributed by atoms with E-state index in [-0.39, 0.29) is 28.5 Å². The van der Waals surface area contributed by atoms with E-state index >= 15 is 0 Å². The number of aliphatic imine (C=N–C) groups is 1. The van der Waals surface area contributed by atoms with Crippen molar-refractivity contribution in [3.05, 3.63) is 64.9 Å². The van der Waals surface area contributed by atoms with E-state index in [1.165, 1.54) is 0 Å². The second-order valence-corrected chi connectivity index (χ2v) is 9.06. The van der Waals surface area contributed by atoms with Gasteiger partial charge in [-0.1, -0.05) is 24.3 Å². The molecule has 2 aromatic carbocycles. The maximum Gasteiger partial charge on any atom is 0.424 e. The molecule has 0 saturated carbocycles. The van der Waals surface area contributed by atoms with E-state index in [2.05, 4.69) is 10.3 Å². The molecule has 4 aliphatic heterocycles. The van der Waals surface area contributed by atoms with Crippen LogP contribution in [-0.2, 0) is 16.0 Å². The molecule has 4 aliphatic rings. The molecule has 35 heavy (non-hydrogen) atoms. The Hall–Kier alpha value is -4.24. The van der Waals surface area contributed by atoms with Gasteiger partial charge in [0.05, 0.1) is 23.9 Å². The Kier molecular flexibility index (Phi) is 4.65. The summed E-state index contributed by atoms with van der Waals surface area (Å²) in [5.74, 6) is -0.0975. The van der Waals surface area contributed by atoms with Crippen molar-refractivity contribution in [2.45, 2.75) is 6.42 Å². The number of imide groups is 1. The number of benzene rings is 2. The number of ether oxygens (including phenoxy) is 2. The van der Waals surface area contributed by atoms with Crippen LogP contribution in [-0.4, -0.2) is 62.9 Å². The topological polar surface area (TPSA) is 97.3 Å². The van der Waals surface area contributed by atoms with Gasteiger partial charge in [0.25, 0.3) is 11.8 Å². The zero-order chi connectivity index (χ0) is 24.3. The Morgan fingerprint density at radius 3 is 2.63 bits per heavy atom. The Morgan fingerprint density at radius 1 is 1.03 bits per heavy atom. The highest BCUT2D eigenvalue weighted by molar-refractivity contribution is 6.41. The molecule has 6 rings (SSSR count). The lowest BCUT2D eigenvalue weighted by Gasteiger charge is -2.34. The smallest absolute Gasteiger partial charge is 0.424 e. The third-order valence-electron chi connectivity index (χ3n) is 6.92. The van der Waals surface area contributed by atoms with E-state index in [1.54, 1.807) is 49.6 Å². The van der Waals surface area contributed by atoms with Crippen LogP contribution < -0.4 is 19.3 Å². The molecule has 0 aliphatic carbocycles. The third-order valence-corrected chi connectivity index (χ3v) is 6.92. The monoisotopic (exact) mass is 471 g/mol. The molecule has 176 valence electrons. The van der Waals surface area contributed by atoms with Crippen molar-refractivity contribution in [2.75, 3.05) is 34.0 Å². The van der Waals surface area contributed by atoms with Gasteiger partial charge in [-0.3, -0.25) is 24.8 Å². The van der Waals surface area contributed by atoms with E-state index in [0.29, 0.717) is 41.3 Å². The van der Waals surface area contributed by atoms with Crippen molar-refractivity contribution < 1.29 is 23.9 Å². The first-order valence-corrected chi connectivity index (χ1v) is 11.4. The first kappa shape index (κ1) is 21.3. The number of nitrogens with one attached hydrogen (secondary N) is 1. The second kappa shape index (κ2) is 7.64. The lowest BCUT2D eigenvalue weighted by Crippen LogP contribution is -2.58. The van der Waals surface area contributed by atoms with Crippen LogP contribution in [0.15, 0.2) is 53.2 Å². The average Bonchev–Trinajstić information content (AvgIpc) is 3.53. The summed E-state index contributed by atoms with van der Waals surface area (Å²) in [5, 5.41) is 2.44. The highest BCUT2D eigenvalue weighted by Crippen LogP contribution is 2.47. The van der Waals surface area contributed by atoms with Crippen LogP contribution in [0.5, 0.6) is 11.5 Å². The van der Waals surface area contributed by atoms with Gasteiger partial charge in [0.1, 0.15) is 6.54 Å². The Labute approximate surface area is 201 Å². The first-order chi connectivity index (χ1) is 16.9. The Bertz CT molecular complexity index is 1420. The maximum absolute atomic E-state index is 13.5. The van der Waals surface area contributed by atoms with E-state index in [9.17, 15) is 14.4 Å². The number of carbonyl (C=O) groups is 3. The molecule has 0 spiro atoms. The number of hydrogen-bond acceptors (Lipinski definition) is 6. The fraction of sp³-hybridized carbons (Fsp3) is 0.231. The molecule has 1 atom stereocenters. The number of urea groups is 1. The van der Waals surface area contributed by atoms with Crippen LogP contribution in [0.3, 0.4) is 0 Å². The van der Waals surface area contributed by atoms with Gasteiger partial charge >= 0.3 is 6.03 Å². The van der Waals surface area contributed by atoms with Gasteiger partial charge in [0.15, 0.2) is 17.2 Å². The molecule has 1 unspecified atom stereocenters. The number of quaternary nitrogens is 1. The van der Waals surface area contributed by atoms with E-state index in [1.807, 2.05) is 18.2 Å². The van der Waals surface area contributed by atoms with Crippen molar-refractivity contribution in [2.24, 2.45) is 4.99 Å². The van der Waals surface area contributed by atoms with Crippen LogP contribution in [0.2, 0.25) is 0 Å². The normalized spacial score (nSPS) is 21.9. The van der Waals surface area contributed by atoms with Gasteiger partial charge in [0, 0.05) is 49.0 Å². The minimum Gasteiger partial charge on any atom is -0.454 e. The number of para-hydroxylation sites is 2. The average molecular weight is 471 g/mol. The Balaban J connectivity index is 1.63. The van der Waals surface area contributed by atoms with Crippen LogP contribution in [0.4, 0.5) is 10.5 Å². The molecular formula is C26H23N4O5+. The van der Waals surface area contributed by atoms with Crippen LogP contribution >= 0.6 is 0 Å². The largest absolute Gasteiger partial charge is 0.454 e. The summed E-state index contributed by atoms with van der Waals surface area (Å²) < 4.78 is 11.2. The summed E-state index contributed by atoms with van der Waals surface area (Å²) in [6, 6.07) is 11.0. The predicted molar refractivity (Wildman–Crippen MR) is 130 cm³/mol. The molecule has 9 nitrogen and oxygen atoms in total.